The van der Waals surface area contributed by atoms with Crippen LogP contribution in [0.2, 0.25) is 0 Å². The van der Waals surface area contributed by atoms with Gasteiger partial charge < -0.3 is 27.2 Å². The summed E-state index contributed by atoms with van der Waals surface area (Å²) in [5.41, 5.74) is 14.1. The first-order valence-electron chi connectivity index (χ1n) is 10.1. The van der Waals surface area contributed by atoms with Gasteiger partial charge in [0.2, 0.25) is 0 Å². The number of hydrogen-bond donors (Lipinski definition) is 5. The van der Waals surface area contributed by atoms with E-state index in [-0.39, 0.29) is 17.8 Å². The molecular formula is C20H26F3N7O3. The predicted molar refractivity (Wildman–Crippen MR) is 115 cm³/mol. The van der Waals surface area contributed by atoms with Crippen molar-refractivity contribution in [1.29, 1.82) is 0 Å². The third kappa shape index (κ3) is 7.86. The van der Waals surface area contributed by atoms with Gasteiger partial charge in [-0.2, -0.15) is 13.2 Å². The summed E-state index contributed by atoms with van der Waals surface area (Å²) in [7, 11) is 0. The summed E-state index contributed by atoms with van der Waals surface area (Å²) in [4.78, 5) is 25.0. The maximum Gasteiger partial charge on any atom is 0.490 e. The molecule has 0 radical (unpaired) electrons. The average molecular weight is 469 g/mol. The van der Waals surface area contributed by atoms with E-state index >= 15 is 0 Å². The fourth-order valence-corrected chi connectivity index (χ4v) is 3.31. The van der Waals surface area contributed by atoms with Gasteiger partial charge in [0.25, 0.3) is 5.91 Å². The van der Waals surface area contributed by atoms with Gasteiger partial charge in [-0.15, -0.1) is 10.2 Å². The highest BCUT2D eigenvalue weighted by Crippen LogP contribution is 2.24. The van der Waals surface area contributed by atoms with Crippen molar-refractivity contribution in [2.75, 3.05) is 10.6 Å². The van der Waals surface area contributed by atoms with Gasteiger partial charge in [0.15, 0.2) is 11.5 Å². The second-order valence-corrected chi connectivity index (χ2v) is 7.65. The van der Waals surface area contributed by atoms with Crippen molar-refractivity contribution in [1.82, 2.24) is 15.2 Å². The molecule has 10 nitrogen and oxygen atoms in total. The number of alkyl halides is 3. The molecule has 1 fully saturated rings. The Kier molecular flexibility index (Phi) is 8.51. The molecule has 0 bridgehead atoms. The third-order valence-electron chi connectivity index (χ3n) is 4.78. The van der Waals surface area contributed by atoms with E-state index in [1.54, 1.807) is 6.07 Å². The molecule has 180 valence electrons. The van der Waals surface area contributed by atoms with Gasteiger partial charge in [0.1, 0.15) is 5.82 Å². The van der Waals surface area contributed by atoms with Crippen molar-refractivity contribution in [3.05, 3.63) is 35.2 Å². The maximum absolute atomic E-state index is 11.7. The van der Waals surface area contributed by atoms with Crippen LogP contribution in [0.1, 0.15) is 47.4 Å². The highest BCUT2D eigenvalue weighted by Gasteiger charge is 2.38. The summed E-state index contributed by atoms with van der Waals surface area (Å²) in [5, 5.41) is 21.7. The molecule has 0 aromatic carbocycles. The van der Waals surface area contributed by atoms with Gasteiger partial charge in [0, 0.05) is 23.8 Å². The predicted octanol–water partition coefficient (Wildman–Crippen LogP) is 2.65. The van der Waals surface area contributed by atoms with Gasteiger partial charge in [-0.3, -0.25) is 4.79 Å². The number of carbonyl (C=O) groups excluding carboxylic acids is 1. The number of anilines is 3. The highest BCUT2D eigenvalue weighted by molar-refractivity contribution is 5.97. The van der Waals surface area contributed by atoms with Crippen molar-refractivity contribution >= 4 is 29.2 Å². The van der Waals surface area contributed by atoms with E-state index in [4.69, 9.17) is 21.4 Å². The summed E-state index contributed by atoms with van der Waals surface area (Å²) in [5.74, 6) is -2.22. The standard InChI is InChI=1S/C18H25N7O.C2HF3O2/c1-10-7-11(2)21-15(8-10)23-14-9-16(24-25-17(14)18(20)26)22-13-6-4-3-5-12(13)19;3-2(4,5)1(6)7/h7-9,12-13H,3-6,19H2,1-2H3,(H2,20,26)(H2,21,22,23,24);(H,6,7)/t12-,13+;/m0./s1. The SMILES string of the molecule is Cc1cc(C)nc(Nc2cc(N[C@@H]3CCCC[C@@H]3N)nnc2C(N)=O)c1.O=C(O)C(F)(F)F. The number of halogens is 3. The smallest absolute Gasteiger partial charge is 0.475 e. The third-order valence-corrected chi connectivity index (χ3v) is 4.78. The van der Waals surface area contributed by atoms with Crippen LogP contribution in [0, 0.1) is 13.8 Å². The minimum Gasteiger partial charge on any atom is -0.475 e. The van der Waals surface area contributed by atoms with Crippen LogP contribution in [0.4, 0.5) is 30.5 Å². The Morgan fingerprint density at radius 2 is 1.73 bits per heavy atom. The number of nitrogens with one attached hydrogen (secondary N) is 2. The quantitative estimate of drug-likeness (QED) is 0.442. The molecule has 0 aliphatic heterocycles. The van der Waals surface area contributed by atoms with Crippen LogP contribution >= 0.6 is 0 Å². The van der Waals surface area contributed by atoms with E-state index in [1.807, 2.05) is 26.0 Å². The van der Waals surface area contributed by atoms with Crippen LogP contribution in [0.5, 0.6) is 0 Å². The zero-order valence-corrected chi connectivity index (χ0v) is 18.1. The van der Waals surface area contributed by atoms with Crippen LogP contribution in [0.3, 0.4) is 0 Å². The molecule has 2 aromatic rings. The number of nitrogens with zero attached hydrogens (tertiary/aromatic N) is 3. The van der Waals surface area contributed by atoms with Gasteiger partial charge in [0.05, 0.1) is 5.69 Å². The summed E-state index contributed by atoms with van der Waals surface area (Å²) in [6, 6.07) is 5.82. The Hall–Kier alpha value is -3.48. The summed E-state index contributed by atoms with van der Waals surface area (Å²) in [6.45, 7) is 3.90. The Morgan fingerprint density at radius 3 is 2.27 bits per heavy atom. The molecule has 0 unspecified atom stereocenters. The lowest BCUT2D eigenvalue weighted by atomic mass is 9.91. The Bertz CT molecular complexity index is 981. The lowest BCUT2D eigenvalue weighted by molar-refractivity contribution is -0.192. The first-order chi connectivity index (χ1) is 15.4. The lowest BCUT2D eigenvalue weighted by Crippen LogP contribution is -2.42. The molecule has 1 saturated carbocycles. The summed E-state index contributed by atoms with van der Waals surface area (Å²) < 4.78 is 31.7. The number of hydrogen-bond acceptors (Lipinski definition) is 8. The van der Waals surface area contributed by atoms with Gasteiger partial charge in [-0.1, -0.05) is 12.8 Å². The molecule has 2 heterocycles. The molecule has 1 aliphatic rings. The number of amides is 1. The number of carboxylic acid groups (broad SMARTS) is 1. The van der Waals surface area contributed by atoms with Crippen LogP contribution in [0.15, 0.2) is 18.2 Å². The van der Waals surface area contributed by atoms with Crippen molar-refractivity contribution < 1.29 is 27.9 Å². The molecular weight excluding hydrogens is 443 g/mol. The molecule has 3 rings (SSSR count). The Labute approximate surface area is 188 Å². The first-order valence-corrected chi connectivity index (χ1v) is 10.1. The monoisotopic (exact) mass is 469 g/mol. The molecule has 1 amide bonds. The number of nitrogens with two attached hydrogens (primary N) is 2. The minimum absolute atomic E-state index is 0.0736. The Morgan fingerprint density at radius 1 is 1.09 bits per heavy atom. The molecule has 1 aliphatic carbocycles. The number of carboxylic acids is 1. The fourth-order valence-electron chi connectivity index (χ4n) is 3.31. The molecule has 33 heavy (non-hydrogen) atoms. The molecule has 2 aromatic heterocycles. The van der Waals surface area contributed by atoms with E-state index in [0.717, 1.165) is 36.9 Å². The van der Waals surface area contributed by atoms with Gasteiger partial charge in [-0.05, 0) is 44.4 Å². The molecule has 0 spiro atoms. The fraction of sp³-hybridized carbons (Fsp3) is 0.450. The van der Waals surface area contributed by atoms with Gasteiger partial charge in [-0.25, -0.2) is 9.78 Å². The first kappa shape index (κ1) is 25.8. The van der Waals surface area contributed by atoms with E-state index in [0.29, 0.717) is 17.3 Å². The summed E-state index contributed by atoms with van der Waals surface area (Å²) in [6.07, 6.45) is -0.823. The lowest BCUT2D eigenvalue weighted by Gasteiger charge is -2.29. The van der Waals surface area contributed by atoms with Crippen LogP contribution in [-0.2, 0) is 4.79 Å². The average Bonchev–Trinajstić information content (AvgIpc) is 2.68. The zero-order chi connectivity index (χ0) is 24.8. The van der Waals surface area contributed by atoms with Crippen molar-refractivity contribution in [2.45, 2.75) is 57.8 Å². The Balaban J connectivity index is 0.000000479. The van der Waals surface area contributed by atoms with Gasteiger partial charge >= 0.3 is 12.1 Å². The number of carbonyl (C=O) groups is 2. The van der Waals surface area contributed by atoms with Crippen molar-refractivity contribution in [3.8, 4) is 0 Å². The van der Waals surface area contributed by atoms with E-state index < -0.39 is 18.1 Å². The maximum atomic E-state index is 11.7. The molecule has 0 saturated heterocycles. The summed E-state index contributed by atoms with van der Waals surface area (Å²) >= 11 is 0. The second kappa shape index (κ2) is 10.9. The van der Waals surface area contributed by atoms with Crippen molar-refractivity contribution in [2.24, 2.45) is 11.5 Å². The van der Waals surface area contributed by atoms with Crippen molar-refractivity contribution in [3.63, 3.8) is 0 Å². The van der Waals surface area contributed by atoms with Crippen LogP contribution < -0.4 is 22.1 Å². The molecule has 7 N–H and O–H groups in total. The molecule has 13 heteroatoms. The molecule has 2 atom stereocenters. The minimum atomic E-state index is -5.08. The van der Waals surface area contributed by atoms with E-state index in [1.165, 1.54) is 0 Å². The number of aryl methyl sites for hydroxylation is 2. The zero-order valence-electron chi connectivity index (χ0n) is 18.1. The number of rotatable bonds is 5. The topological polar surface area (TPSA) is 169 Å². The number of aromatic nitrogens is 3. The normalized spacial score (nSPS) is 18.0. The van der Waals surface area contributed by atoms with E-state index in [2.05, 4.69) is 25.8 Å². The van der Waals surface area contributed by atoms with Crippen LogP contribution in [-0.4, -0.2) is 50.4 Å². The highest BCUT2D eigenvalue weighted by atomic mass is 19.4. The van der Waals surface area contributed by atoms with Crippen LogP contribution in [0.25, 0.3) is 0 Å². The second-order valence-electron chi connectivity index (χ2n) is 7.65. The number of pyridine rings is 1. The number of primary amides is 1. The largest absolute Gasteiger partial charge is 0.490 e. The van der Waals surface area contributed by atoms with E-state index in [9.17, 15) is 18.0 Å². The number of aliphatic carboxylic acids is 1.